The van der Waals surface area contributed by atoms with Crippen LogP contribution in [0.2, 0.25) is 0 Å². The van der Waals surface area contributed by atoms with Gasteiger partial charge in [-0.05, 0) is 37.6 Å². The fourth-order valence-corrected chi connectivity index (χ4v) is 3.34. The third kappa shape index (κ3) is 5.96. The Bertz CT molecular complexity index is 748. The average Bonchev–Trinajstić information content (AvgIpc) is 2.73. The van der Waals surface area contributed by atoms with E-state index in [0.717, 1.165) is 39.1 Å². The van der Waals surface area contributed by atoms with Gasteiger partial charge in [0.2, 0.25) is 0 Å². The van der Waals surface area contributed by atoms with E-state index < -0.39 is 5.82 Å². The second-order valence-corrected chi connectivity index (χ2v) is 7.14. The van der Waals surface area contributed by atoms with Gasteiger partial charge in [0.05, 0.1) is 0 Å². The van der Waals surface area contributed by atoms with E-state index in [2.05, 4.69) is 39.4 Å². The van der Waals surface area contributed by atoms with Crippen LogP contribution in [0.1, 0.15) is 13.3 Å². The van der Waals surface area contributed by atoms with Gasteiger partial charge < -0.3 is 15.0 Å². The topological polar surface area (TPSA) is 44.8 Å². The first kappa shape index (κ1) is 20.1. The molecule has 1 aliphatic heterocycles. The zero-order valence-corrected chi connectivity index (χ0v) is 16.3. The molecule has 150 valence electrons. The molecule has 1 amide bonds. The number of piperazine rings is 1. The normalized spacial score (nSPS) is 15.9. The Morgan fingerprint density at radius 3 is 2.46 bits per heavy atom. The van der Waals surface area contributed by atoms with E-state index in [1.165, 1.54) is 17.8 Å². The summed E-state index contributed by atoms with van der Waals surface area (Å²) < 4.78 is 18.7. The van der Waals surface area contributed by atoms with Crippen LogP contribution in [0.25, 0.3) is 0 Å². The Morgan fingerprint density at radius 1 is 1.07 bits per heavy atom. The highest BCUT2D eigenvalue weighted by molar-refractivity contribution is 5.77. The summed E-state index contributed by atoms with van der Waals surface area (Å²) in [6.07, 6.45) is 0.872. The average molecular weight is 385 g/mol. The van der Waals surface area contributed by atoms with Gasteiger partial charge in [0.25, 0.3) is 5.91 Å². The van der Waals surface area contributed by atoms with Crippen LogP contribution in [0.3, 0.4) is 0 Å². The number of hydrogen-bond donors (Lipinski definition) is 1. The van der Waals surface area contributed by atoms with E-state index in [4.69, 9.17) is 4.74 Å². The third-order valence-electron chi connectivity index (χ3n) is 4.97. The molecule has 3 rings (SSSR count). The Morgan fingerprint density at radius 2 is 1.75 bits per heavy atom. The van der Waals surface area contributed by atoms with Crippen molar-refractivity contribution in [1.29, 1.82) is 0 Å². The molecule has 0 aliphatic carbocycles. The smallest absolute Gasteiger partial charge is 0.258 e. The molecule has 28 heavy (non-hydrogen) atoms. The summed E-state index contributed by atoms with van der Waals surface area (Å²) in [7, 11) is 0. The van der Waals surface area contributed by atoms with Crippen molar-refractivity contribution >= 4 is 11.6 Å². The molecular weight excluding hydrogens is 357 g/mol. The summed E-state index contributed by atoms with van der Waals surface area (Å²) >= 11 is 0. The zero-order chi connectivity index (χ0) is 19.8. The molecule has 1 heterocycles. The molecule has 1 N–H and O–H groups in total. The van der Waals surface area contributed by atoms with Crippen LogP contribution in [0.4, 0.5) is 10.1 Å². The zero-order valence-electron chi connectivity index (χ0n) is 16.3. The lowest BCUT2D eigenvalue weighted by atomic mass is 10.2. The molecule has 1 unspecified atom stereocenters. The number of para-hydroxylation sites is 2. The van der Waals surface area contributed by atoms with Gasteiger partial charge in [0.15, 0.2) is 18.2 Å². The van der Waals surface area contributed by atoms with E-state index in [0.29, 0.717) is 0 Å². The molecule has 6 heteroatoms. The maximum atomic E-state index is 13.5. The number of carbonyl (C=O) groups is 1. The molecule has 0 aromatic heterocycles. The van der Waals surface area contributed by atoms with Crippen molar-refractivity contribution in [3.05, 3.63) is 60.4 Å². The van der Waals surface area contributed by atoms with Gasteiger partial charge in [-0.1, -0.05) is 30.3 Å². The third-order valence-corrected chi connectivity index (χ3v) is 4.97. The van der Waals surface area contributed by atoms with E-state index >= 15 is 0 Å². The van der Waals surface area contributed by atoms with E-state index in [1.54, 1.807) is 12.1 Å². The summed E-state index contributed by atoms with van der Waals surface area (Å²) in [5, 5.41) is 2.92. The summed E-state index contributed by atoms with van der Waals surface area (Å²) in [4.78, 5) is 16.8. The Kier molecular flexibility index (Phi) is 7.25. The SMILES string of the molecule is CC(CCN1CCN(c2ccccc2)CC1)NC(=O)COc1ccccc1F. The van der Waals surface area contributed by atoms with E-state index in [1.807, 2.05) is 13.0 Å². The molecule has 1 fully saturated rings. The fourth-order valence-electron chi connectivity index (χ4n) is 3.34. The van der Waals surface area contributed by atoms with Crippen LogP contribution in [-0.2, 0) is 4.79 Å². The summed E-state index contributed by atoms with van der Waals surface area (Å²) in [5.41, 5.74) is 1.28. The number of rotatable bonds is 8. The number of halogens is 1. The molecule has 1 aliphatic rings. The molecule has 0 spiro atoms. The van der Waals surface area contributed by atoms with Crippen LogP contribution in [-0.4, -0.2) is 56.2 Å². The van der Waals surface area contributed by atoms with Crippen molar-refractivity contribution in [1.82, 2.24) is 10.2 Å². The van der Waals surface area contributed by atoms with Gasteiger partial charge in [-0.3, -0.25) is 9.69 Å². The van der Waals surface area contributed by atoms with Crippen molar-refractivity contribution in [2.24, 2.45) is 0 Å². The molecule has 0 radical (unpaired) electrons. The molecule has 1 saturated heterocycles. The lowest BCUT2D eigenvalue weighted by Crippen LogP contribution is -2.47. The van der Waals surface area contributed by atoms with Crippen molar-refractivity contribution in [3.63, 3.8) is 0 Å². The van der Waals surface area contributed by atoms with Crippen LogP contribution < -0.4 is 15.0 Å². The molecule has 1 atom stereocenters. The maximum absolute atomic E-state index is 13.5. The van der Waals surface area contributed by atoms with Gasteiger partial charge >= 0.3 is 0 Å². The molecule has 2 aromatic rings. The maximum Gasteiger partial charge on any atom is 0.258 e. The second-order valence-electron chi connectivity index (χ2n) is 7.14. The molecule has 0 saturated carbocycles. The van der Waals surface area contributed by atoms with E-state index in [9.17, 15) is 9.18 Å². The Balaban J connectivity index is 1.33. The van der Waals surface area contributed by atoms with Crippen LogP contribution in [0.5, 0.6) is 5.75 Å². The number of nitrogens with one attached hydrogen (secondary N) is 1. The number of amides is 1. The second kappa shape index (κ2) is 10.1. The van der Waals surface area contributed by atoms with Crippen molar-refractivity contribution in [2.45, 2.75) is 19.4 Å². The number of benzene rings is 2. The van der Waals surface area contributed by atoms with Crippen LogP contribution in [0.15, 0.2) is 54.6 Å². The van der Waals surface area contributed by atoms with Crippen LogP contribution in [0, 0.1) is 5.82 Å². The Labute approximate surface area is 166 Å². The standard InChI is InChI=1S/C22H28FN3O2/c1-18(24-22(27)17-28-21-10-6-5-9-20(21)23)11-12-25-13-15-26(16-14-25)19-7-3-2-4-8-19/h2-10,18H,11-17H2,1H3,(H,24,27). The lowest BCUT2D eigenvalue weighted by molar-refractivity contribution is -0.123. The van der Waals surface area contributed by atoms with Crippen molar-refractivity contribution in [2.75, 3.05) is 44.2 Å². The first-order chi connectivity index (χ1) is 13.6. The van der Waals surface area contributed by atoms with Crippen LogP contribution >= 0.6 is 0 Å². The summed E-state index contributed by atoms with van der Waals surface area (Å²) in [5.74, 6) is -0.593. The Hall–Kier alpha value is -2.60. The number of nitrogens with zero attached hydrogens (tertiary/aromatic N) is 2. The molecular formula is C22H28FN3O2. The van der Waals surface area contributed by atoms with Gasteiger partial charge in [-0.25, -0.2) is 4.39 Å². The summed E-state index contributed by atoms with van der Waals surface area (Å²) in [6.45, 7) is 6.82. The fraction of sp³-hybridized carbons (Fsp3) is 0.409. The van der Waals surface area contributed by atoms with Gasteiger partial charge in [-0.15, -0.1) is 0 Å². The molecule has 2 aromatic carbocycles. The molecule has 5 nitrogen and oxygen atoms in total. The van der Waals surface area contributed by atoms with Gasteiger partial charge in [0.1, 0.15) is 0 Å². The highest BCUT2D eigenvalue weighted by Crippen LogP contribution is 2.16. The van der Waals surface area contributed by atoms with E-state index in [-0.39, 0.29) is 24.3 Å². The first-order valence-electron chi connectivity index (χ1n) is 9.81. The number of hydrogen-bond acceptors (Lipinski definition) is 4. The van der Waals surface area contributed by atoms with Gasteiger partial charge in [-0.2, -0.15) is 0 Å². The minimum absolute atomic E-state index is 0.0453. The minimum atomic E-state index is -0.460. The quantitative estimate of drug-likeness (QED) is 0.759. The number of ether oxygens (including phenoxy) is 1. The van der Waals surface area contributed by atoms with Crippen molar-refractivity contribution in [3.8, 4) is 5.75 Å². The first-order valence-corrected chi connectivity index (χ1v) is 9.81. The largest absolute Gasteiger partial charge is 0.481 e. The van der Waals surface area contributed by atoms with Crippen molar-refractivity contribution < 1.29 is 13.9 Å². The number of carbonyl (C=O) groups excluding carboxylic acids is 1. The predicted octanol–water partition coefficient (Wildman–Crippen LogP) is 2.92. The molecule has 0 bridgehead atoms. The monoisotopic (exact) mass is 385 g/mol. The lowest BCUT2D eigenvalue weighted by Gasteiger charge is -2.36. The highest BCUT2D eigenvalue weighted by atomic mass is 19.1. The number of anilines is 1. The summed E-state index contributed by atoms with van der Waals surface area (Å²) in [6, 6.07) is 16.6. The predicted molar refractivity (Wildman–Crippen MR) is 109 cm³/mol. The highest BCUT2D eigenvalue weighted by Gasteiger charge is 2.18. The van der Waals surface area contributed by atoms with Gasteiger partial charge in [0, 0.05) is 44.5 Å². The minimum Gasteiger partial charge on any atom is -0.481 e.